The zero-order valence-electron chi connectivity index (χ0n) is 22.7. The van der Waals surface area contributed by atoms with Crippen molar-refractivity contribution in [3.8, 4) is 0 Å². The van der Waals surface area contributed by atoms with Gasteiger partial charge >= 0.3 is 0 Å². The van der Waals surface area contributed by atoms with E-state index in [1.165, 1.54) is 6.20 Å². The largest absolute Gasteiger partial charge is 0.378 e. The minimum absolute atomic E-state index is 0.107. The fraction of sp³-hybridized carbons (Fsp3) is 0.345. The van der Waals surface area contributed by atoms with Crippen LogP contribution in [0.5, 0.6) is 0 Å². The maximum Gasteiger partial charge on any atom is 0.276 e. The molecule has 0 spiro atoms. The molecule has 0 aliphatic carbocycles. The summed E-state index contributed by atoms with van der Waals surface area (Å²) in [5.74, 6) is -0.604. The predicted molar refractivity (Wildman–Crippen MR) is 154 cm³/mol. The minimum atomic E-state index is -0.374. The van der Waals surface area contributed by atoms with E-state index in [0.29, 0.717) is 30.0 Å². The van der Waals surface area contributed by atoms with Gasteiger partial charge in [0.25, 0.3) is 11.8 Å². The number of aromatic amines is 1. The van der Waals surface area contributed by atoms with Crippen LogP contribution in [0.4, 0.5) is 5.69 Å². The Kier molecular flexibility index (Phi) is 9.22. The number of fused-ring (bicyclic) bond motifs is 1. The normalized spacial score (nSPS) is 14.5. The fourth-order valence-electron chi connectivity index (χ4n) is 4.41. The number of amides is 2. The Hall–Kier alpha value is -4.31. The lowest BCUT2D eigenvalue weighted by Gasteiger charge is -2.29. The van der Waals surface area contributed by atoms with Gasteiger partial charge in [0.05, 0.1) is 36.3 Å². The van der Waals surface area contributed by atoms with Crippen molar-refractivity contribution in [2.75, 3.05) is 31.6 Å². The molecular weight excluding hydrogens is 494 g/mol. The van der Waals surface area contributed by atoms with E-state index in [1.807, 2.05) is 39.0 Å². The van der Waals surface area contributed by atoms with Gasteiger partial charge in [-0.25, -0.2) is 4.98 Å². The number of aromatic nitrogens is 3. The van der Waals surface area contributed by atoms with Crippen molar-refractivity contribution in [2.24, 2.45) is 4.99 Å². The first-order chi connectivity index (χ1) is 18.9. The monoisotopic (exact) mass is 529 g/mol. The molecule has 10 nitrogen and oxygen atoms in total. The van der Waals surface area contributed by atoms with Gasteiger partial charge in [-0.1, -0.05) is 19.9 Å². The van der Waals surface area contributed by atoms with Crippen LogP contribution in [0.3, 0.4) is 0 Å². The number of nitrogens with zero attached hydrogens (tertiary/aromatic N) is 4. The Morgan fingerprint density at radius 1 is 1.18 bits per heavy atom. The van der Waals surface area contributed by atoms with Gasteiger partial charge in [-0.3, -0.25) is 19.7 Å². The van der Waals surface area contributed by atoms with Gasteiger partial charge in [0.15, 0.2) is 5.69 Å². The van der Waals surface area contributed by atoms with Gasteiger partial charge in [0.2, 0.25) is 0 Å². The second-order valence-corrected chi connectivity index (χ2v) is 9.37. The first-order valence-corrected chi connectivity index (χ1v) is 13.2. The summed E-state index contributed by atoms with van der Waals surface area (Å²) in [6.07, 6.45) is 6.98. The number of nitrogens with one attached hydrogen (secondary N) is 3. The summed E-state index contributed by atoms with van der Waals surface area (Å²) in [7, 11) is 0. The molecule has 1 aromatic carbocycles. The molecule has 1 aliphatic heterocycles. The van der Waals surface area contributed by atoms with Crippen LogP contribution in [-0.2, 0) is 4.74 Å². The van der Waals surface area contributed by atoms with E-state index in [2.05, 4.69) is 48.5 Å². The lowest BCUT2D eigenvalue weighted by molar-refractivity contribution is 0.0553. The molecule has 2 aromatic heterocycles. The zero-order valence-corrected chi connectivity index (χ0v) is 22.7. The highest BCUT2D eigenvalue weighted by atomic mass is 16.5. The van der Waals surface area contributed by atoms with E-state index in [-0.39, 0.29) is 23.6 Å². The average Bonchev–Trinajstić information content (AvgIpc) is 3.40. The molecule has 3 aromatic rings. The van der Waals surface area contributed by atoms with Crippen LogP contribution < -0.4 is 10.6 Å². The number of carbonyl (C=O) groups is 2. The zero-order chi connectivity index (χ0) is 27.8. The second-order valence-electron chi connectivity index (χ2n) is 9.37. The Morgan fingerprint density at radius 2 is 1.95 bits per heavy atom. The van der Waals surface area contributed by atoms with Crippen LogP contribution in [0.15, 0.2) is 59.5 Å². The van der Waals surface area contributed by atoms with E-state index in [9.17, 15) is 9.59 Å². The van der Waals surface area contributed by atoms with Gasteiger partial charge in [-0.05, 0) is 68.0 Å². The third-order valence-corrected chi connectivity index (χ3v) is 6.77. The number of pyridine rings is 1. The van der Waals surface area contributed by atoms with E-state index in [4.69, 9.17) is 4.74 Å². The van der Waals surface area contributed by atoms with Gasteiger partial charge in [0, 0.05) is 30.7 Å². The van der Waals surface area contributed by atoms with Crippen LogP contribution >= 0.6 is 0 Å². The Balaban J connectivity index is 1.51. The summed E-state index contributed by atoms with van der Waals surface area (Å²) >= 11 is 0. The van der Waals surface area contributed by atoms with Crippen LogP contribution in [0.25, 0.3) is 16.5 Å². The highest BCUT2D eigenvalue weighted by Crippen LogP contribution is 2.25. The van der Waals surface area contributed by atoms with Gasteiger partial charge in [-0.2, -0.15) is 5.10 Å². The molecule has 3 N–H and O–H groups in total. The van der Waals surface area contributed by atoms with Crippen LogP contribution in [0.1, 0.15) is 60.2 Å². The van der Waals surface area contributed by atoms with E-state index < -0.39 is 0 Å². The number of H-pyrrole nitrogens is 1. The molecule has 39 heavy (non-hydrogen) atoms. The number of morpholine rings is 1. The number of rotatable bonds is 10. The number of allylic oxidation sites excluding steroid dienone is 2. The summed E-state index contributed by atoms with van der Waals surface area (Å²) < 4.78 is 5.47. The molecule has 1 saturated heterocycles. The van der Waals surface area contributed by atoms with Crippen molar-refractivity contribution < 1.29 is 14.3 Å². The molecule has 2 amide bonds. The number of hydrogen-bond acceptors (Lipinski definition) is 7. The first kappa shape index (κ1) is 27.7. The molecule has 0 bridgehead atoms. The third-order valence-electron chi connectivity index (χ3n) is 6.77. The van der Waals surface area contributed by atoms with E-state index in [0.717, 1.165) is 48.3 Å². The summed E-state index contributed by atoms with van der Waals surface area (Å²) in [5.41, 5.74) is 4.72. The lowest BCUT2D eigenvalue weighted by Crippen LogP contribution is -2.35. The summed E-state index contributed by atoms with van der Waals surface area (Å²) in [6, 6.07) is 9.20. The molecule has 204 valence electrons. The number of hydrogen-bond donors (Lipinski definition) is 3. The van der Waals surface area contributed by atoms with Crippen molar-refractivity contribution in [2.45, 2.75) is 39.7 Å². The molecule has 1 aliphatic rings. The summed E-state index contributed by atoms with van der Waals surface area (Å²) in [4.78, 5) is 36.0. The molecular formula is C29H35N7O3. The van der Waals surface area contributed by atoms with E-state index >= 15 is 0 Å². The van der Waals surface area contributed by atoms with E-state index in [1.54, 1.807) is 18.3 Å². The van der Waals surface area contributed by atoms with Crippen molar-refractivity contribution in [1.82, 2.24) is 25.4 Å². The van der Waals surface area contributed by atoms with Crippen LogP contribution in [-0.4, -0.2) is 71.0 Å². The quantitative estimate of drug-likeness (QED) is 0.264. The molecule has 4 rings (SSSR count). The van der Waals surface area contributed by atoms with Crippen molar-refractivity contribution >= 4 is 40.7 Å². The number of aliphatic imine (C=N–C) groups is 1. The van der Waals surface area contributed by atoms with Crippen LogP contribution in [0, 0.1) is 0 Å². The highest BCUT2D eigenvalue weighted by molar-refractivity contribution is 6.11. The van der Waals surface area contributed by atoms with Gasteiger partial charge in [0.1, 0.15) is 5.69 Å². The van der Waals surface area contributed by atoms with Crippen molar-refractivity contribution in [1.29, 1.82) is 0 Å². The average molecular weight is 530 g/mol. The smallest absolute Gasteiger partial charge is 0.276 e. The third kappa shape index (κ3) is 6.77. The molecule has 1 fully saturated rings. The molecule has 10 heteroatoms. The number of carbonyl (C=O) groups excluding carboxylic acids is 2. The molecule has 0 atom stereocenters. The SMILES string of the molecule is C=N/C=C(\C=C(/C)c1ccc2[nH]nc(C(=O)Nc3ccc(C(=O)NC(CC)CC)nc3)c2c1)N1CCOCC1. The van der Waals surface area contributed by atoms with Crippen molar-refractivity contribution in [3.63, 3.8) is 0 Å². The maximum absolute atomic E-state index is 13.1. The predicted octanol–water partition coefficient (Wildman–Crippen LogP) is 4.41. The Morgan fingerprint density at radius 3 is 2.62 bits per heavy atom. The Labute approximate surface area is 228 Å². The van der Waals surface area contributed by atoms with Crippen LogP contribution in [0.2, 0.25) is 0 Å². The minimum Gasteiger partial charge on any atom is -0.378 e. The Bertz CT molecular complexity index is 1380. The second kappa shape index (κ2) is 13.0. The number of anilines is 1. The maximum atomic E-state index is 13.1. The van der Waals surface area contributed by atoms with Gasteiger partial charge in [-0.15, -0.1) is 0 Å². The molecule has 0 radical (unpaired) electrons. The first-order valence-electron chi connectivity index (χ1n) is 13.2. The molecule has 0 unspecified atom stereocenters. The molecule has 3 heterocycles. The summed E-state index contributed by atoms with van der Waals surface area (Å²) in [5, 5.41) is 13.7. The molecule has 0 saturated carbocycles. The fourth-order valence-corrected chi connectivity index (χ4v) is 4.41. The highest BCUT2D eigenvalue weighted by Gasteiger charge is 2.17. The topological polar surface area (TPSA) is 125 Å². The summed E-state index contributed by atoms with van der Waals surface area (Å²) in [6.45, 7) is 12.6. The lowest BCUT2D eigenvalue weighted by atomic mass is 10.0. The number of benzene rings is 1. The van der Waals surface area contributed by atoms with Gasteiger partial charge < -0.3 is 20.3 Å². The standard InChI is InChI=1S/C29H35N7O3/c1-5-21(6-2)32-28(37)26-10-8-22(17-31-26)33-29(38)27-24-16-20(7-9-25(24)34-35-27)19(3)15-23(18-30-4)36-11-13-39-14-12-36/h7-10,15-18,21H,4-6,11-14H2,1-3H3,(H,32,37)(H,33,38)(H,34,35)/b19-15+,23-18+. The van der Waals surface area contributed by atoms with Crippen molar-refractivity contribution in [3.05, 3.63) is 71.5 Å². The number of ether oxygens (including phenoxy) is 1.